The van der Waals surface area contributed by atoms with Crippen LogP contribution in [0.15, 0.2) is 0 Å². The van der Waals surface area contributed by atoms with Crippen LogP contribution >= 0.6 is 0 Å². The van der Waals surface area contributed by atoms with E-state index in [0.29, 0.717) is 6.61 Å². The van der Waals surface area contributed by atoms with E-state index in [1.165, 1.54) is 0 Å². The minimum absolute atomic E-state index is 0.106. The van der Waals surface area contributed by atoms with Crippen molar-refractivity contribution in [2.75, 3.05) is 20.3 Å². The normalized spacial score (nSPS) is 29.4. The minimum Gasteiger partial charge on any atom is -0.481 e. The molecule has 2 fully saturated rings. The second-order valence-electron chi connectivity index (χ2n) is 5.81. The predicted octanol–water partition coefficient (Wildman–Crippen LogP) is 1.51. The third-order valence-electron chi connectivity index (χ3n) is 4.88. The summed E-state index contributed by atoms with van der Waals surface area (Å²) in [6.45, 7) is 2.59. The van der Waals surface area contributed by atoms with Gasteiger partial charge >= 0.3 is 5.97 Å². The molecule has 19 heavy (non-hydrogen) atoms. The van der Waals surface area contributed by atoms with E-state index in [0.717, 1.165) is 32.1 Å². The summed E-state index contributed by atoms with van der Waals surface area (Å²) in [5.74, 6) is -1.36. The molecular weight excluding hydrogens is 246 g/mol. The number of aliphatic carboxylic acids is 1. The molecule has 1 saturated heterocycles. The van der Waals surface area contributed by atoms with Crippen LogP contribution in [0.3, 0.4) is 0 Å². The molecule has 1 heterocycles. The largest absolute Gasteiger partial charge is 0.481 e. The second kappa shape index (κ2) is 5.49. The first-order valence-electron chi connectivity index (χ1n) is 7.09. The summed E-state index contributed by atoms with van der Waals surface area (Å²) in [5.41, 5.74) is -0.263. The number of nitrogens with zero attached hydrogens (tertiary/aromatic N) is 1. The summed E-state index contributed by atoms with van der Waals surface area (Å²) >= 11 is 0. The topological polar surface area (TPSA) is 66.8 Å². The number of rotatable bonds is 4. The Hall–Kier alpha value is -1.10. The molecule has 0 aromatic carbocycles. The van der Waals surface area contributed by atoms with Crippen molar-refractivity contribution in [3.8, 4) is 0 Å². The molecule has 2 unspecified atom stereocenters. The molecule has 0 aromatic heterocycles. The quantitative estimate of drug-likeness (QED) is 0.840. The number of hydrogen-bond donors (Lipinski definition) is 1. The summed E-state index contributed by atoms with van der Waals surface area (Å²) in [5, 5.41) is 9.18. The van der Waals surface area contributed by atoms with Gasteiger partial charge in [0.1, 0.15) is 5.92 Å². The highest BCUT2D eigenvalue weighted by molar-refractivity contribution is 5.84. The van der Waals surface area contributed by atoms with E-state index in [1.807, 2.05) is 0 Å². The fourth-order valence-electron chi connectivity index (χ4n) is 3.46. The van der Waals surface area contributed by atoms with Gasteiger partial charge in [0.2, 0.25) is 5.91 Å². The van der Waals surface area contributed by atoms with Gasteiger partial charge in [0.05, 0.1) is 19.3 Å². The van der Waals surface area contributed by atoms with Crippen LogP contribution in [0.5, 0.6) is 0 Å². The number of amides is 1. The van der Waals surface area contributed by atoms with E-state index in [2.05, 4.69) is 6.92 Å². The van der Waals surface area contributed by atoms with Crippen molar-refractivity contribution in [2.45, 2.75) is 45.1 Å². The molecule has 2 aliphatic rings. The van der Waals surface area contributed by atoms with E-state index in [-0.39, 0.29) is 24.0 Å². The molecule has 2 rings (SSSR count). The van der Waals surface area contributed by atoms with E-state index >= 15 is 0 Å². The number of carbonyl (C=O) groups excluding carboxylic acids is 1. The van der Waals surface area contributed by atoms with Crippen LogP contribution in [0.4, 0.5) is 0 Å². The second-order valence-corrected chi connectivity index (χ2v) is 5.81. The average molecular weight is 269 g/mol. The lowest BCUT2D eigenvalue weighted by Crippen LogP contribution is -2.49. The van der Waals surface area contributed by atoms with Crippen molar-refractivity contribution >= 4 is 11.9 Å². The predicted molar refractivity (Wildman–Crippen MR) is 69.7 cm³/mol. The molecule has 1 aliphatic carbocycles. The van der Waals surface area contributed by atoms with Gasteiger partial charge < -0.3 is 14.7 Å². The average Bonchev–Trinajstić information content (AvgIpc) is 3.06. The molecule has 5 heteroatoms. The van der Waals surface area contributed by atoms with E-state index in [9.17, 15) is 14.7 Å². The minimum atomic E-state index is -0.876. The number of hydrogen-bond acceptors (Lipinski definition) is 3. The van der Waals surface area contributed by atoms with Crippen LogP contribution in [0.1, 0.15) is 39.0 Å². The van der Waals surface area contributed by atoms with Crippen molar-refractivity contribution in [1.82, 2.24) is 4.90 Å². The summed E-state index contributed by atoms with van der Waals surface area (Å²) in [7, 11) is 1.73. The zero-order chi connectivity index (χ0) is 14.0. The van der Waals surface area contributed by atoms with Gasteiger partial charge in [-0.15, -0.1) is 0 Å². The number of carbonyl (C=O) groups is 2. The first-order chi connectivity index (χ1) is 9.02. The van der Waals surface area contributed by atoms with Crippen molar-refractivity contribution < 1.29 is 19.4 Å². The van der Waals surface area contributed by atoms with Crippen molar-refractivity contribution in [3.05, 3.63) is 0 Å². The third kappa shape index (κ3) is 2.48. The lowest BCUT2D eigenvalue weighted by molar-refractivity contribution is -0.148. The van der Waals surface area contributed by atoms with E-state index in [4.69, 9.17) is 4.74 Å². The lowest BCUT2D eigenvalue weighted by atomic mass is 9.81. The van der Waals surface area contributed by atoms with Gasteiger partial charge in [0, 0.05) is 12.5 Å². The van der Waals surface area contributed by atoms with E-state index in [1.54, 1.807) is 11.9 Å². The first kappa shape index (κ1) is 14.3. The summed E-state index contributed by atoms with van der Waals surface area (Å²) < 4.78 is 5.26. The standard InChI is InChI=1S/C14H23NO4/c1-3-14(6-4-5-7-14)13(18)15(2)11-9-19-8-10(11)12(16)17/h10-11H,3-9H2,1-2H3,(H,16,17). The van der Waals surface area contributed by atoms with Gasteiger partial charge in [-0.3, -0.25) is 9.59 Å². The van der Waals surface area contributed by atoms with Crippen LogP contribution in [-0.2, 0) is 14.3 Å². The Morgan fingerprint density at radius 2 is 1.95 bits per heavy atom. The molecular formula is C14H23NO4. The molecule has 0 bridgehead atoms. The lowest BCUT2D eigenvalue weighted by Gasteiger charge is -2.35. The SMILES string of the molecule is CCC1(C(=O)N(C)C2COCC2C(=O)O)CCCC1. The molecule has 0 aromatic rings. The van der Waals surface area contributed by atoms with Crippen molar-refractivity contribution in [3.63, 3.8) is 0 Å². The number of carboxylic acids is 1. The van der Waals surface area contributed by atoms with Crippen LogP contribution < -0.4 is 0 Å². The molecule has 1 aliphatic heterocycles. The fourth-order valence-corrected chi connectivity index (χ4v) is 3.46. The molecule has 0 radical (unpaired) electrons. The molecule has 2 atom stereocenters. The number of likely N-dealkylation sites (N-methyl/N-ethyl adjacent to an activating group) is 1. The Bertz CT molecular complexity index is 362. The smallest absolute Gasteiger partial charge is 0.311 e. The molecule has 108 valence electrons. The van der Waals surface area contributed by atoms with Crippen molar-refractivity contribution in [2.24, 2.45) is 11.3 Å². The Balaban J connectivity index is 2.12. The molecule has 5 nitrogen and oxygen atoms in total. The highest BCUT2D eigenvalue weighted by Gasteiger charge is 2.46. The van der Waals surface area contributed by atoms with Gasteiger partial charge in [-0.2, -0.15) is 0 Å². The highest BCUT2D eigenvalue weighted by Crippen LogP contribution is 2.43. The van der Waals surface area contributed by atoms with E-state index < -0.39 is 11.9 Å². The first-order valence-corrected chi connectivity index (χ1v) is 7.09. The number of carboxylic acid groups (broad SMARTS) is 1. The molecule has 1 N–H and O–H groups in total. The monoisotopic (exact) mass is 269 g/mol. The molecule has 1 saturated carbocycles. The maximum Gasteiger partial charge on any atom is 0.311 e. The summed E-state index contributed by atoms with van der Waals surface area (Å²) in [4.78, 5) is 25.6. The highest BCUT2D eigenvalue weighted by atomic mass is 16.5. The fraction of sp³-hybridized carbons (Fsp3) is 0.857. The Kier molecular flexibility index (Phi) is 4.13. The maximum atomic E-state index is 12.7. The summed E-state index contributed by atoms with van der Waals surface area (Å²) in [6, 6.07) is -0.325. The zero-order valence-corrected chi connectivity index (χ0v) is 11.7. The van der Waals surface area contributed by atoms with Gasteiger partial charge in [-0.1, -0.05) is 19.8 Å². The molecule has 1 amide bonds. The van der Waals surface area contributed by atoms with Gasteiger partial charge in [0.15, 0.2) is 0 Å². The zero-order valence-electron chi connectivity index (χ0n) is 11.7. The molecule has 0 spiro atoms. The Morgan fingerprint density at radius 3 is 2.47 bits per heavy atom. The van der Waals surface area contributed by atoms with Crippen LogP contribution in [0, 0.1) is 11.3 Å². The number of ether oxygens (including phenoxy) is 1. The van der Waals surface area contributed by atoms with Crippen LogP contribution in [0.25, 0.3) is 0 Å². The van der Waals surface area contributed by atoms with Crippen LogP contribution in [-0.4, -0.2) is 48.2 Å². The van der Waals surface area contributed by atoms with Crippen molar-refractivity contribution in [1.29, 1.82) is 0 Å². The maximum absolute atomic E-state index is 12.7. The van der Waals surface area contributed by atoms with Crippen LogP contribution in [0.2, 0.25) is 0 Å². The Labute approximate surface area is 113 Å². The van der Waals surface area contributed by atoms with Gasteiger partial charge in [-0.25, -0.2) is 0 Å². The summed E-state index contributed by atoms with van der Waals surface area (Å²) in [6.07, 6.45) is 4.88. The third-order valence-corrected chi connectivity index (χ3v) is 4.88. The van der Waals surface area contributed by atoms with Gasteiger partial charge in [-0.05, 0) is 19.3 Å². The Morgan fingerprint density at radius 1 is 1.32 bits per heavy atom. The van der Waals surface area contributed by atoms with Gasteiger partial charge in [0.25, 0.3) is 0 Å².